The third-order valence-corrected chi connectivity index (χ3v) is 2.90. The summed E-state index contributed by atoms with van der Waals surface area (Å²) < 4.78 is 0. The van der Waals surface area contributed by atoms with Crippen LogP contribution in [0.3, 0.4) is 0 Å². The lowest BCUT2D eigenvalue weighted by Gasteiger charge is -2.29. The summed E-state index contributed by atoms with van der Waals surface area (Å²) in [4.78, 5) is 24.7. The third-order valence-electron chi connectivity index (χ3n) is 2.90. The molecule has 0 bridgehead atoms. The first-order valence-corrected chi connectivity index (χ1v) is 5.98. The molecule has 0 aromatic rings. The van der Waals surface area contributed by atoms with Crippen LogP contribution in [0.2, 0.25) is 0 Å². The number of piperidine rings is 1. The molecule has 0 aromatic carbocycles. The fourth-order valence-electron chi connectivity index (χ4n) is 1.80. The predicted octanol–water partition coefficient (Wildman–Crippen LogP) is -0.111. The zero-order valence-electron chi connectivity index (χ0n) is 10.5. The summed E-state index contributed by atoms with van der Waals surface area (Å²) >= 11 is 0. The number of hydrogen-bond acceptors (Lipinski definition) is 3. The van der Waals surface area contributed by atoms with Gasteiger partial charge in [-0.3, -0.25) is 9.59 Å². The highest BCUT2D eigenvalue weighted by atomic mass is 16.2. The Morgan fingerprint density at radius 1 is 1.35 bits per heavy atom. The Hall–Kier alpha value is -1.36. The first-order valence-electron chi connectivity index (χ1n) is 5.98. The average Bonchev–Trinajstić information content (AvgIpc) is 2.32. The van der Waals surface area contributed by atoms with Crippen LogP contribution in [0.15, 0.2) is 12.2 Å². The largest absolute Gasteiger partial charge is 0.356 e. The van der Waals surface area contributed by atoms with Gasteiger partial charge >= 0.3 is 0 Å². The molecule has 1 aliphatic heterocycles. The Balaban J connectivity index is 2.21. The van der Waals surface area contributed by atoms with Gasteiger partial charge in [-0.05, 0) is 39.1 Å². The number of rotatable bonds is 4. The van der Waals surface area contributed by atoms with Crippen molar-refractivity contribution in [3.8, 4) is 0 Å². The molecule has 0 radical (unpaired) electrons. The first kappa shape index (κ1) is 13.7. The molecule has 1 saturated heterocycles. The lowest BCUT2D eigenvalue weighted by atomic mass is 10.1. The van der Waals surface area contributed by atoms with Crippen molar-refractivity contribution in [2.24, 2.45) is 0 Å². The van der Waals surface area contributed by atoms with E-state index in [1.165, 1.54) is 6.08 Å². The summed E-state index contributed by atoms with van der Waals surface area (Å²) in [6.45, 7) is 2.05. The molecular weight excluding hydrogens is 218 g/mol. The molecule has 96 valence electrons. The molecule has 0 aliphatic carbocycles. The number of likely N-dealkylation sites (N-methyl/N-ethyl adjacent to an activating group) is 1. The van der Waals surface area contributed by atoms with Gasteiger partial charge in [0.05, 0.1) is 0 Å². The van der Waals surface area contributed by atoms with Gasteiger partial charge in [0, 0.05) is 19.5 Å². The van der Waals surface area contributed by atoms with Crippen LogP contribution in [0, 0.1) is 0 Å². The minimum Gasteiger partial charge on any atom is -0.356 e. The Bertz CT molecular complexity index is 294. The molecule has 17 heavy (non-hydrogen) atoms. The second-order valence-corrected chi connectivity index (χ2v) is 4.37. The number of amides is 2. The summed E-state index contributed by atoms with van der Waals surface area (Å²) in [5.74, 6) is -0.197. The van der Waals surface area contributed by atoms with Crippen molar-refractivity contribution < 1.29 is 9.59 Å². The second-order valence-electron chi connectivity index (χ2n) is 4.37. The number of likely N-dealkylation sites (tertiary alicyclic amines) is 1. The Kier molecular flexibility index (Phi) is 5.69. The molecule has 2 N–H and O–H groups in total. The summed E-state index contributed by atoms with van der Waals surface area (Å²) in [5.41, 5.74) is 0. The molecule has 5 heteroatoms. The van der Waals surface area contributed by atoms with E-state index in [1.54, 1.807) is 13.1 Å². The van der Waals surface area contributed by atoms with Crippen LogP contribution >= 0.6 is 0 Å². The SMILES string of the molecule is CNC(=O)/C=C/CC(=O)NC1CCN(C)CC1. The number of nitrogens with one attached hydrogen (secondary N) is 2. The molecule has 0 aromatic heterocycles. The van der Waals surface area contributed by atoms with Gasteiger partial charge in [0.1, 0.15) is 0 Å². The highest BCUT2D eigenvalue weighted by molar-refractivity contribution is 5.88. The second kappa shape index (κ2) is 7.06. The number of hydrogen-bond donors (Lipinski definition) is 2. The van der Waals surface area contributed by atoms with Gasteiger partial charge < -0.3 is 15.5 Å². The molecule has 0 saturated carbocycles. The Morgan fingerprint density at radius 2 is 2.00 bits per heavy atom. The molecule has 1 heterocycles. The van der Waals surface area contributed by atoms with Crippen LogP contribution in [-0.2, 0) is 9.59 Å². The zero-order valence-corrected chi connectivity index (χ0v) is 10.5. The fourth-order valence-corrected chi connectivity index (χ4v) is 1.80. The lowest BCUT2D eigenvalue weighted by molar-refractivity contribution is -0.121. The smallest absolute Gasteiger partial charge is 0.243 e. The molecule has 2 amide bonds. The molecule has 0 atom stereocenters. The van der Waals surface area contributed by atoms with E-state index in [1.807, 2.05) is 0 Å². The van der Waals surface area contributed by atoms with E-state index in [9.17, 15) is 9.59 Å². The standard InChI is InChI=1S/C12H21N3O2/c1-13-11(16)4-3-5-12(17)14-10-6-8-15(2)9-7-10/h3-4,10H,5-9H2,1-2H3,(H,13,16)(H,14,17)/b4-3+. The maximum absolute atomic E-state index is 11.6. The van der Waals surface area contributed by atoms with Crippen molar-refractivity contribution >= 4 is 11.8 Å². The average molecular weight is 239 g/mol. The molecule has 1 rings (SSSR count). The van der Waals surface area contributed by atoms with E-state index >= 15 is 0 Å². The molecule has 1 aliphatic rings. The zero-order chi connectivity index (χ0) is 12.7. The Labute approximate surface area is 102 Å². The van der Waals surface area contributed by atoms with Gasteiger partial charge in [0.25, 0.3) is 0 Å². The monoisotopic (exact) mass is 239 g/mol. The van der Waals surface area contributed by atoms with Crippen molar-refractivity contribution in [2.45, 2.75) is 25.3 Å². The number of nitrogens with zero attached hydrogens (tertiary/aromatic N) is 1. The summed E-state index contributed by atoms with van der Waals surface area (Å²) in [6.07, 6.45) is 5.24. The molecule has 1 fully saturated rings. The molecule has 5 nitrogen and oxygen atoms in total. The van der Waals surface area contributed by atoms with Gasteiger partial charge in [0.2, 0.25) is 11.8 Å². The van der Waals surface area contributed by atoms with E-state index in [-0.39, 0.29) is 24.3 Å². The maximum Gasteiger partial charge on any atom is 0.243 e. The van der Waals surface area contributed by atoms with Gasteiger partial charge in [-0.1, -0.05) is 6.08 Å². The maximum atomic E-state index is 11.6. The minimum atomic E-state index is -0.183. The van der Waals surface area contributed by atoms with E-state index in [4.69, 9.17) is 0 Å². The lowest BCUT2D eigenvalue weighted by Crippen LogP contribution is -2.43. The van der Waals surface area contributed by atoms with Crippen LogP contribution in [-0.4, -0.2) is 49.9 Å². The minimum absolute atomic E-state index is 0.0142. The van der Waals surface area contributed by atoms with Crippen molar-refractivity contribution in [3.05, 3.63) is 12.2 Å². The quantitative estimate of drug-likeness (QED) is 0.673. The van der Waals surface area contributed by atoms with Gasteiger partial charge in [-0.15, -0.1) is 0 Å². The fraction of sp³-hybridized carbons (Fsp3) is 0.667. The highest BCUT2D eigenvalue weighted by Crippen LogP contribution is 2.08. The van der Waals surface area contributed by atoms with Crippen molar-refractivity contribution in [3.63, 3.8) is 0 Å². The first-order chi connectivity index (χ1) is 8.11. The van der Waals surface area contributed by atoms with Gasteiger partial charge in [-0.2, -0.15) is 0 Å². The van der Waals surface area contributed by atoms with Crippen molar-refractivity contribution in [1.29, 1.82) is 0 Å². The predicted molar refractivity (Wildman–Crippen MR) is 66.5 cm³/mol. The van der Waals surface area contributed by atoms with Crippen LogP contribution < -0.4 is 10.6 Å². The van der Waals surface area contributed by atoms with Crippen LogP contribution in [0.5, 0.6) is 0 Å². The van der Waals surface area contributed by atoms with E-state index in [2.05, 4.69) is 22.6 Å². The third kappa shape index (κ3) is 5.49. The Morgan fingerprint density at radius 3 is 2.59 bits per heavy atom. The van der Waals surface area contributed by atoms with Gasteiger partial charge in [0.15, 0.2) is 0 Å². The molecular formula is C12H21N3O2. The molecule has 0 unspecified atom stereocenters. The van der Waals surface area contributed by atoms with Crippen molar-refractivity contribution in [1.82, 2.24) is 15.5 Å². The number of carbonyl (C=O) groups excluding carboxylic acids is 2. The topological polar surface area (TPSA) is 61.4 Å². The highest BCUT2D eigenvalue weighted by Gasteiger charge is 2.17. The van der Waals surface area contributed by atoms with Crippen LogP contribution in [0.1, 0.15) is 19.3 Å². The summed E-state index contributed by atoms with van der Waals surface area (Å²) in [7, 11) is 3.65. The van der Waals surface area contributed by atoms with Crippen LogP contribution in [0.4, 0.5) is 0 Å². The van der Waals surface area contributed by atoms with E-state index in [0.717, 1.165) is 25.9 Å². The summed E-state index contributed by atoms with van der Waals surface area (Å²) in [5, 5.41) is 5.44. The van der Waals surface area contributed by atoms with Crippen LogP contribution in [0.25, 0.3) is 0 Å². The normalized spacial score (nSPS) is 18.2. The van der Waals surface area contributed by atoms with Gasteiger partial charge in [-0.25, -0.2) is 0 Å². The number of carbonyl (C=O) groups is 2. The summed E-state index contributed by atoms with van der Waals surface area (Å²) in [6, 6.07) is 0.284. The molecule has 0 spiro atoms. The van der Waals surface area contributed by atoms with E-state index in [0.29, 0.717) is 0 Å². The van der Waals surface area contributed by atoms with Crippen molar-refractivity contribution in [2.75, 3.05) is 27.2 Å². The van der Waals surface area contributed by atoms with E-state index < -0.39 is 0 Å².